The molecule has 0 unspecified atom stereocenters. The second-order valence-electron chi connectivity index (χ2n) is 13.0. The molecule has 242 valence electrons. The number of halogens is 3. The Morgan fingerprint density at radius 2 is 1.93 bits per heavy atom. The summed E-state index contributed by atoms with van der Waals surface area (Å²) in [5.74, 6) is -2.48. The molecule has 3 aromatic heterocycles. The van der Waals surface area contributed by atoms with E-state index in [0.29, 0.717) is 64.9 Å². The zero-order chi connectivity index (χ0) is 32.4. The molecule has 8 nitrogen and oxygen atoms in total. The van der Waals surface area contributed by atoms with E-state index in [1.165, 1.54) is 11.3 Å². The molecule has 1 aliphatic heterocycles. The Morgan fingerprint density at radius 1 is 1.13 bits per heavy atom. The molecule has 7 rings (SSSR count). The van der Waals surface area contributed by atoms with Crippen molar-refractivity contribution in [2.24, 2.45) is 0 Å². The number of carboxylic acids is 1. The Morgan fingerprint density at radius 3 is 2.70 bits per heavy atom. The number of alkyl halides is 2. The third kappa shape index (κ3) is 5.71. The van der Waals surface area contributed by atoms with Crippen molar-refractivity contribution < 1.29 is 23.4 Å². The molecule has 0 radical (unpaired) electrons. The highest BCUT2D eigenvalue weighted by Crippen LogP contribution is 2.55. The number of pyridine rings is 1. The minimum Gasteiger partial charge on any atom is -0.491 e. The van der Waals surface area contributed by atoms with Gasteiger partial charge < -0.3 is 9.84 Å². The average Bonchev–Trinajstić information content (AvgIpc) is 3.68. The summed E-state index contributed by atoms with van der Waals surface area (Å²) in [5, 5.41) is 11.8. The molecule has 0 bridgehead atoms. The molecule has 0 amide bonds. The number of benzene rings is 1. The van der Waals surface area contributed by atoms with Gasteiger partial charge in [-0.05, 0) is 76.8 Å². The van der Waals surface area contributed by atoms with Gasteiger partial charge in [0.15, 0.2) is 0 Å². The van der Waals surface area contributed by atoms with Crippen LogP contribution in [0.15, 0.2) is 34.4 Å². The van der Waals surface area contributed by atoms with Crippen molar-refractivity contribution in [3.63, 3.8) is 0 Å². The standard InChI is InChI=1S/C34H35ClF2N4O4S/c1-19-14-24(29-28(38-19)26(18-46-29)32(43)44)23-15-21(35)4-5-27(23)45-13-12-41-20(2)39-30-25(31(41)42)16-22(17-33(30)7-8-33)40-10-3-6-34(36,37)9-11-40/h4-5,14-15,18,22H,3,6-13,16-17H2,1-2H3,(H,43,44)/t22-/m0/s1. The third-order valence-corrected chi connectivity index (χ3v) is 11.1. The van der Waals surface area contributed by atoms with Gasteiger partial charge in [-0.2, -0.15) is 0 Å². The van der Waals surface area contributed by atoms with E-state index in [-0.39, 0.29) is 48.6 Å². The highest BCUT2D eigenvalue weighted by molar-refractivity contribution is 7.18. The van der Waals surface area contributed by atoms with E-state index < -0.39 is 11.9 Å². The fourth-order valence-electron chi connectivity index (χ4n) is 7.32. The highest BCUT2D eigenvalue weighted by atomic mass is 35.5. The van der Waals surface area contributed by atoms with Gasteiger partial charge in [-0.15, -0.1) is 11.3 Å². The zero-order valence-corrected chi connectivity index (χ0v) is 27.3. The first-order valence-corrected chi connectivity index (χ1v) is 17.0. The number of carbonyl (C=O) groups is 1. The summed E-state index contributed by atoms with van der Waals surface area (Å²) in [6.45, 7) is 5.09. The SMILES string of the molecule is Cc1cc(-c2cc(Cl)ccc2OCCn2c(C)nc3c(c2=O)C[C@H](N2CCCC(F)(F)CC2)CC32CC2)c2scc(C(=O)O)c2n1. The predicted octanol–water partition coefficient (Wildman–Crippen LogP) is 7.04. The second kappa shape index (κ2) is 11.7. The van der Waals surface area contributed by atoms with Crippen LogP contribution in [0.5, 0.6) is 5.75 Å². The first-order valence-electron chi connectivity index (χ1n) is 15.7. The van der Waals surface area contributed by atoms with Crippen molar-refractivity contribution in [3.05, 3.63) is 73.4 Å². The van der Waals surface area contributed by atoms with Gasteiger partial charge in [0, 0.05) is 63.6 Å². The summed E-state index contributed by atoms with van der Waals surface area (Å²) in [6.07, 6.45) is 3.57. The molecule has 46 heavy (non-hydrogen) atoms. The van der Waals surface area contributed by atoms with Gasteiger partial charge in [0.2, 0.25) is 5.92 Å². The van der Waals surface area contributed by atoms with Crippen LogP contribution >= 0.6 is 22.9 Å². The summed E-state index contributed by atoms with van der Waals surface area (Å²) >= 11 is 7.72. The first kappa shape index (κ1) is 31.2. The number of aryl methyl sites for hydroxylation is 2. The average molecular weight is 669 g/mol. The lowest BCUT2D eigenvalue weighted by atomic mass is 9.80. The number of nitrogens with zero attached hydrogens (tertiary/aromatic N) is 4. The fraction of sp³-hybridized carbons (Fsp3) is 0.471. The second-order valence-corrected chi connectivity index (χ2v) is 14.3. The predicted molar refractivity (Wildman–Crippen MR) is 174 cm³/mol. The van der Waals surface area contributed by atoms with Crippen molar-refractivity contribution in [3.8, 4) is 16.9 Å². The van der Waals surface area contributed by atoms with Crippen LogP contribution in [-0.2, 0) is 18.4 Å². The van der Waals surface area contributed by atoms with Crippen molar-refractivity contribution in [2.45, 2.75) is 82.7 Å². The third-order valence-electron chi connectivity index (χ3n) is 9.83. The number of fused-ring (bicyclic) bond motifs is 3. The molecule has 2 fully saturated rings. The summed E-state index contributed by atoms with van der Waals surface area (Å²) in [4.78, 5) is 37.5. The van der Waals surface area contributed by atoms with Crippen LogP contribution in [0.2, 0.25) is 5.02 Å². The fourth-order valence-corrected chi connectivity index (χ4v) is 8.50. The van der Waals surface area contributed by atoms with Crippen molar-refractivity contribution in [1.29, 1.82) is 0 Å². The van der Waals surface area contributed by atoms with E-state index in [1.54, 1.807) is 28.1 Å². The van der Waals surface area contributed by atoms with E-state index in [1.807, 2.05) is 19.9 Å². The summed E-state index contributed by atoms with van der Waals surface area (Å²) in [7, 11) is 0. The van der Waals surface area contributed by atoms with E-state index in [2.05, 4.69) is 9.88 Å². The lowest BCUT2D eigenvalue weighted by Gasteiger charge is -2.38. The molecule has 1 spiro atoms. The lowest BCUT2D eigenvalue weighted by Crippen LogP contribution is -2.46. The van der Waals surface area contributed by atoms with Crippen LogP contribution < -0.4 is 10.3 Å². The quantitative estimate of drug-likeness (QED) is 0.226. The van der Waals surface area contributed by atoms with Gasteiger partial charge in [-0.3, -0.25) is 19.2 Å². The Labute approximate surface area is 274 Å². The molecule has 1 N–H and O–H groups in total. The van der Waals surface area contributed by atoms with Crippen LogP contribution in [0.25, 0.3) is 21.3 Å². The van der Waals surface area contributed by atoms with E-state index in [4.69, 9.17) is 21.3 Å². The Hall–Kier alpha value is -3.41. The molecular formula is C34H35ClF2N4O4S. The van der Waals surface area contributed by atoms with Crippen LogP contribution in [0.4, 0.5) is 8.78 Å². The number of hydrogen-bond donors (Lipinski definition) is 1. The van der Waals surface area contributed by atoms with Crippen LogP contribution in [-0.4, -0.2) is 62.2 Å². The van der Waals surface area contributed by atoms with Gasteiger partial charge in [-0.25, -0.2) is 18.6 Å². The number of carboxylic acid groups (broad SMARTS) is 1. The Kier molecular flexibility index (Phi) is 7.92. The Bertz CT molecular complexity index is 1920. The smallest absolute Gasteiger partial charge is 0.338 e. The van der Waals surface area contributed by atoms with Crippen molar-refractivity contribution in [2.75, 3.05) is 19.7 Å². The number of ether oxygens (including phenoxy) is 1. The summed E-state index contributed by atoms with van der Waals surface area (Å²) in [5.41, 5.74) is 4.11. The number of likely N-dealkylation sites (tertiary alicyclic amines) is 1. The molecule has 4 heterocycles. The molecule has 2 aliphatic carbocycles. The molecule has 1 atom stereocenters. The molecule has 12 heteroatoms. The van der Waals surface area contributed by atoms with Crippen LogP contribution in [0, 0.1) is 13.8 Å². The number of aromatic carboxylic acids is 1. The lowest BCUT2D eigenvalue weighted by molar-refractivity contribution is -0.0143. The zero-order valence-electron chi connectivity index (χ0n) is 25.7. The topological polar surface area (TPSA) is 97.6 Å². The van der Waals surface area contributed by atoms with Gasteiger partial charge in [0.05, 0.1) is 28.0 Å². The molecule has 1 aromatic carbocycles. The van der Waals surface area contributed by atoms with Gasteiger partial charge in [-0.1, -0.05) is 11.6 Å². The molecule has 1 saturated heterocycles. The van der Waals surface area contributed by atoms with Gasteiger partial charge in [0.1, 0.15) is 18.2 Å². The van der Waals surface area contributed by atoms with Crippen LogP contribution in [0.1, 0.15) is 71.7 Å². The molecule has 4 aromatic rings. The monoisotopic (exact) mass is 668 g/mol. The van der Waals surface area contributed by atoms with E-state index >= 15 is 0 Å². The van der Waals surface area contributed by atoms with Crippen molar-refractivity contribution >= 4 is 39.1 Å². The number of thiophene rings is 1. The molecular weight excluding hydrogens is 634 g/mol. The largest absolute Gasteiger partial charge is 0.491 e. The normalized spacial score (nSPS) is 20.4. The Balaban J connectivity index is 1.15. The number of aromatic nitrogens is 3. The summed E-state index contributed by atoms with van der Waals surface area (Å²) in [6, 6.07) is 7.24. The first-order chi connectivity index (χ1) is 21.9. The van der Waals surface area contributed by atoms with Crippen molar-refractivity contribution in [1.82, 2.24) is 19.4 Å². The summed E-state index contributed by atoms with van der Waals surface area (Å²) < 4.78 is 36.9. The molecule has 1 saturated carbocycles. The number of hydrogen-bond acceptors (Lipinski definition) is 7. The maximum Gasteiger partial charge on any atom is 0.338 e. The van der Waals surface area contributed by atoms with Crippen LogP contribution in [0.3, 0.4) is 0 Å². The number of rotatable bonds is 7. The van der Waals surface area contributed by atoms with Gasteiger partial charge >= 0.3 is 5.97 Å². The van der Waals surface area contributed by atoms with E-state index in [0.717, 1.165) is 35.2 Å². The minimum atomic E-state index is -2.62. The highest BCUT2D eigenvalue weighted by Gasteiger charge is 2.53. The molecule has 3 aliphatic rings. The maximum atomic E-state index is 14.1. The van der Waals surface area contributed by atoms with E-state index in [9.17, 15) is 23.5 Å². The van der Waals surface area contributed by atoms with Gasteiger partial charge in [0.25, 0.3) is 5.56 Å². The maximum absolute atomic E-state index is 14.1. The minimum absolute atomic E-state index is 0.0574.